The Hall–Kier alpha value is -1.59. The molecule has 84 valence electrons. The molecule has 0 amide bonds. The third kappa shape index (κ3) is 3.52. The Labute approximate surface area is 97.6 Å². The molecule has 1 aromatic carbocycles. The van der Waals surface area contributed by atoms with Crippen molar-refractivity contribution in [1.82, 2.24) is 5.32 Å². The molecule has 0 aliphatic carbocycles. The van der Waals surface area contributed by atoms with E-state index in [2.05, 4.69) is 31.3 Å². The standard InChI is InChI=1S/C14H18N2/c1-11(2)14(10-16-3)8-12-4-6-13(9-15)7-5-12/h4-8,11,16H,10H2,1-3H3. The minimum atomic E-state index is 0.531. The van der Waals surface area contributed by atoms with Gasteiger partial charge in [-0.15, -0.1) is 0 Å². The van der Waals surface area contributed by atoms with E-state index >= 15 is 0 Å². The van der Waals surface area contributed by atoms with Gasteiger partial charge in [-0.1, -0.05) is 37.6 Å². The third-order valence-corrected chi connectivity index (χ3v) is 2.51. The van der Waals surface area contributed by atoms with Crippen LogP contribution in [-0.4, -0.2) is 13.6 Å². The van der Waals surface area contributed by atoms with Crippen LogP contribution in [0.3, 0.4) is 0 Å². The molecule has 1 rings (SSSR count). The molecule has 16 heavy (non-hydrogen) atoms. The number of rotatable bonds is 4. The van der Waals surface area contributed by atoms with E-state index in [-0.39, 0.29) is 0 Å². The summed E-state index contributed by atoms with van der Waals surface area (Å²) in [6, 6.07) is 9.79. The second-order valence-corrected chi connectivity index (χ2v) is 4.14. The summed E-state index contributed by atoms with van der Waals surface area (Å²) in [7, 11) is 1.95. The molecule has 1 aromatic rings. The van der Waals surface area contributed by atoms with E-state index in [4.69, 9.17) is 5.26 Å². The van der Waals surface area contributed by atoms with E-state index < -0.39 is 0 Å². The lowest BCUT2D eigenvalue weighted by molar-refractivity contribution is 0.713. The Morgan fingerprint density at radius 1 is 1.38 bits per heavy atom. The van der Waals surface area contributed by atoms with E-state index in [1.807, 2.05) is 31.3 Å². The number of nitriles is 1. The molecule has 0 atom stereocenters. The molecular weight excluding hydrogens is 196 g/mol. The monoisotopic (exact) mass is 214 g/mol. The lowest BCUT2D eigenvalue weighted by atomic mass is 10.00. The first-order valence-electron chi connectivity index (χ1n) is 5.52. The van der Waals surface area contributed by atoms with Gasteiger partial charge >= 0.3 is 0 Å². The Morgan fingerprint density at radius 3 is 2.44 bits per heavy atom. The Balaban J connectivity index is 2.90. The molecule has 0 radical (unpaired) electrons. The predicted molar refractivity (Wildman–Crippen MR) is 67.9 cm³/mol. The highest BCUT2D eigenvalue weighted by atomic mass is 14.8. The van der Waals surface area contributed by atoms with Crippen molar-refractivity contribution in [3.05, 3.63) is 41.0 Å². The van der Waals surface area contributed by atoms with Crippen molar-refractivity contribution in [2.45, 2.75) is 13.8 Å². The second-order valence-electron chi connectivity index (χ2n) is 4.14. The summed E-state index contributed by atoms with van der Waals surface area (Å²) < 4.78 is 0. The van der Waals surface area contributed by atoms with Crippen LogP contribution in [0.1, 0.15) is 25.0 Å². The topological polar surface area (TPSA) is 35.8 Å². The number of likely N-dealkylation sites (N-methyl/N-ethyl adjacent to an activating group) is 1. The Bertz CT molecular complexity index is 394. The number of hydrogen-bond acceptors (Lipinski definition) is 2. The van der Waals surface area contributed by atoms with Crippen molar-refractivity contribution in [3.8, 4) is 6.07 Å². The van der Waals surface area contributed by atoms with Crippen molar-refractivity contribution in [2.75, 3.05) is 13.6 Å². The van der Waals surface area contributed by atoms with Gasteiger partial charge in [0.25, 0.3) is 0 Å². The summed E-state index contributed by atoms with van der Waals surface area (Å²) >= 11 is 0. The summed E-state index contributed by atoms with van der Waals surface area (Å²) in [6.45, 7) is 5.28. The fourth-order valence-corrected chi connectivity index (χ4v) is 1.49. The largest absolute Gasteiger partial charge is 0.316 e. The predicted octanol–water partition coefficient (Wildman–Crippen LogP) is 2.82. The van der Waals surface area contributed by atoms with Crippen LogP contribution in [0.25, 0.3) is 6.08 Å². The molecule has 0 saturated carbocycles. The molecule has 0 fully saturated rings. The zero-order chi connectivity index (χ0) is 12.0. The molecule has 0 aliphatic rings. The maximum Gasteiger partial charge on any atom is 0.0991 e. The van der Waals surface area contributed by atoms with E-state index in [0.29, 0.717) is 11.5 Å². The van der Waals surface area contributed by atoms with Crippen molar-refractivity contribution in [3.63, 3.8) is 0 Å². The van der Waals surface area contributed by atoms with Crippen molar-refractivity contribution in [1.29, 1.82) is 5.26 Å². The van der Waals surface area contributed by atoms with E-state index in [1.54, 1.807) is 0 Å². The average molecular weight is 214 g/mol. The lowest BCUT2D eigenvalue weighted by Gasteiger charge is -2.10. The molecule has 0 unspecified atom stereocenters. The SMILES string of the molecule is CNCC(=Cc1ccc(C#N)cc1)C(C)C. The Morgan fingerprint density at radius 2 is 2.00 bits per heavy atom. The van der Waals surface area contributed by atoms with Gasteiger partial charge in [0.05, 0.1) is 11.6 Å². The van der Waals surface area contributed by atoms with Gasteiger partial charge in [-0.2, -0.15) is 5.26 Å². The smallest absolute Gasteiger partial charge is 0.0991 e. The minimum Gasteiger partial charge on any atom is -0.316 e. The maximum atomic E-state index is 8.71. The van der Waals surface area contributed by atoms with Gasteiger partial charge in [0.15, 0.2) is 0 Å². The number of nitrogens with one attached hydrogen (secondary N) is 1. The molecular formula is C14H18N2. The third-order valence-electron chi connectivity index (χ3n) is 2.51. The number of benzene rings is 1. The highest BCUT2D eigenvalue weighted by Crippen LogP contribution is 2.14. The first-order valence-corrected chi connectivity index (χ1v) is 5.52. The first-order chi connectivity index (χ1) is 7.67. The van der Waals surface area contributed by atoms with Gasteiger partial charge in [0, 0.05) is 6.54 Å². The maximum absolute atomic E-state index is 8.71. The Kier molecular flexibility index (Phi) is 4.75. The van der Waals surface area contributed by atoms with Gasteiger partial charge in [0.1, 0.15) is 0 Å². The number of hydrogen-bond donors (Lipinski definition) is 1. The lowest BCUT2D eigenvalue weighted by Crippen LogP contribution is -2.13. The van der Waals surface area contributed by atoms with Gasteiger partial charge in [-0.25, -0.2) is 0 Å². The number of nitrogens with zero attached hydrogens (tertiary/aromatic N) is 1. The van der Waals surface area contributed by atoms with Crippen LogP contribution >= 0.6 is 0 Å². The van der Waals surface area contributed by atoms with Gasteiger partial charge in [-0.05, 0) is 30.7 Å². The fraction of sp³-hybridized carbons (Fsp3) is 0.357. The molecule has 0 bridgehead atoms. The zero-order valence-electron chi connectivity index (χ0n) is 10.1. The zero-order valence-corrected chi connectivity index (χ0v) is 10.1. The molecule has 0 heterocycles. The van der Waals surface area contributed by atoms with E-state index in [9.17, 15) is 0 Å². The minimum absolute atomic E-state index is 0.531. The summed E-state index contributed by atoms with van der Waals surface area (Å²) in [6.07, 6.45) is 2.18. The first kappa shape index (κ1) is 12.5. The van der Waals surface area contributed by atoms with Crippen LogP contribution in [0.15, 0.2) is 29.8 Å². The van der Waals surface area contributed by atoms with Gasteiger partial charge in [0.2, 0.25) is 0 Å². The molecule has 1 N–H and O–H groups in total. The molecule has 0 saturated heterocycles. The second kappa shape index (κ2) is 6.09. The van der Waals surface area contributed by atoms with Crippen molar-refractivity contribution < 1.29 is 0 Å². The highest BCUT2D eigenvalue weighted by molar-refractivity contribution is 5.54. The summed E-state index contributed by atoms with van der Waals surface area (Å²) in [5.41, 5.74) is 3.22. The molecule has 0 aliphatic heterocycles. The normalized spacial score (nSPS) is 11.6. The summed E-state index contributed by atoms with van der Waals surface area (Å²) in [5.74, 6) is 0.531. The van der Waals surface area contributed by atoms with Crippen LogP contribution in [0, 0.1) is 17.2 Å². The quantitative estimate of drug-likeness (QED) is 0.836. The van der Waals surface area contributed by atoms with Gasteiger partial charge in [-0.3, -0.25) is 0 Å². The fourth-order valence-electron chi connectivity index (χ4n) is 1.49. The van der Waals surface area contributed by atoms with Crippen LogP contribution in [-0.2, 0) is 0 Å². The molecule has 2 heteroatoms. The van der Waals surface area contributed by atoms with Crippen molar-refractivity contribution >= 4 is 6.08 Å². The average Bonchev–Trinajstić information content (AvgIpc) is 2.29. The molecule has 2 nitrogen and oxygen atoms in total. The highest BCUT2D eigenvalue weighted by Gasteiger charge is 2.02. The summed E-state index contributed by atoms with van der Waals surface area (Å²) in [5, 5.41) is 11.9. The van der Waals surface area contributed by atoms with Crippen molar-refractivity contribution in [2.24, 2.45) is 5.92 Å². The summed E-state index contributed by atoms with van der Waals surface area (Å²) in [4.78, 5) is 0. The molecule has 0 aromatic heterocycles. The van der Waals surface area contributed by atoms with Crippen LogP contribution < -0.4 is 5.32 Å². The van der Waals surface area contributed by atoms with E-state index in [0.717, 1.165) is 12.1 Å². The van der Waals surface area contributed by atoms with E-state index in [1.165, 1.54) is 5.57 Å². The van der Waals surface area contributed by atoms with Gasteiger partial charge < -0.3 is 5.32 Å². The molecule has 0 spiro atoms. The van der Waals surface area contributed by atoms with Crippen LogP contribution in [0.5, 0.6) is 0 Å². The van der Waals surface area contributed by atoms with Crippen LogP contribution in [0.4, 0.5) is 0 Å². The van der Waals surface area contributed by atoms with Crippen LogP contribution in [0.2, 0.25) is 0 Å².